The van der Waals surface area contributed by atoms with Gasteiger partial charge in [0, 0.05) is 49.0 Å². The molecule has 0 unspecified atom stereocenters. The lowest BCUT2D eigenvalue weighted by Crippen LogP contribution is -2.37. The lowest BCUT2D eigenvalue weighted by molar-refractivity contribution is -0.129. The van der Waals surface area contributed by atoms with Gasteiger partial charge in [0.1, 0.15) is 6.61 Å². The summed E-state index contributed by atoms with van der Waals surface area (Å²) >= 11 is 1.90. The highest BCUT2D eigenvalue weighted by atomic mass is 32.2. The molecule has 16 nitrogen and oxygen atoms in total. The third-order valence-electron chi connectivity index (χ3n) is 8.18. The van der Waals surface area contributed by atoms with Crippen LogP contribution in [-0.4, -0.2) is 160 Å². The first-order chi connectivity index (χ1) is 24.9. The molecule has 2 rings (SSSR count). The third-order valence-corrected chi connectivity index (χ3v) is 9.68. The number of carbonyl (C=O) groups is 3. The molecule has 0 radical (unpaired) electrons. The Hall–Kier alpha value is -1.80. The molecule has 2 fully saturated rings. The van der Waals surface area contributed by atoms with E-state index in [1.807, 2.05) is 18.7 Å². The van der Waals surface area contributed by atoms with Crippen LogP contribution in [-0.2, 0) is 42.7 Å². The fraction of sp³-hybridized carbons (Fsp3) is 0.912. The molecule has 17 heteroatoms. The standard InChI is InChI=1S/C34H66N6O10S/c1-34(25-48-21-19-46-17-15-44-13-9-35,26-49-22-20-47-18-16-45-14-10-36)27-50-23-31(42)38-12-6-2-5-11-37-30(41)8-4-3-7-29-32-28(24-51-29)39-33(43)40-32/h28-29,32H,2-27,35-36H2,1H3,(H,37,41)(H,38,42)(H2,39,40,43)/t28-,29-,32-/m1/s1. The second-order valence-electron chi connectivity index (χ2n) is 13.1. The molecule has 0 saturated carbocycles. The van der Waals surface area contributed by atoms with E-state index in [0.29, 0.717) is 117 Å². The van der Waals surface area contributed by atoms with Crippen molar-refractivity contribution in [1.82, 2.24) is 21.3 Å². The average molecular weight is 751 g/mol. The molecule has 0 bridgehead atoms. The van der Waals surface area contributed by atoms with Crippen LogP contribution in [0.15, 0.2) is 0 Å². The van der Waals surface area contributed by atoms with Crippen molar-refractivity contribution in [2.24, 2.45) is 16.9 Å². The topological polar surface area (TPSA) is 216 Å². The summed E-state index contributed by atoms with van der Waals surface area (Å²) in [5.41, 5.74) is 10.3. The van der Waals surface area contributed by atoms with Crippen molar-refractivity contribution in [3.8, 4) is 0 Å². The van der Waals surface area contributed by atoms with Gasteiger partial charge in [-0.1, -0.05) is 13.3 Å². The maximum Gasteiger partial charge on any atom is 0.315 e. The smallest absolute Gasteiger partial charge is 0.315 e. The van der Waals surface area contributed by atoms with Crippen LogP contribution in [0, 0.1) is 5.41 Å². The molecule has 8 N–H and O–H groups in total. The Kier molecular flexibility index (Phi) is 26.4. The molecule has 2 heterocycles. The van der Waals surface area contributed by atoms with Gasteiger partial charge < -0.3 is 65.9 Å². The van der Waals surface area contributed by atoms with Gasteiger partial charge in [-0.05, 0) is 32.1 Å². The zero-order chi connectivity index (χ0) is 36.8. The maximum absolute atomic E-state index is 12.4. The van der Waals surface area contributed by atoms with Gasteiger partial charge in [-0.2, -0.15) is 11.8 Å². The predicted molar refractivity (Wildman–Crippen MR) is 196 cm³/mol. The Bertz CT molecular complexity index is 905. The number of carbonyl (C=O) groups excluding carboxylic acids is 3. The summed E-state index contributed by atoms with van der Waals surface area (Å²) in [4.78, 5) is 36.1. The van der Waals surface area contributed by atoms with E-state index in [0.717, 1.165) is 44.3 Å². The van der Waals surface area contributed by atoms with Gasteiger partial charge in [-0.3, -0.25) is 9.59 Å². The molecule has 2 aliphatic rings. The highest BCUT2D eigenvalue weighted by molar-refractivity contribution is 8.00. The molecular formula is C34H66N6O10S. The van der Waals surface area contributed by atoms with E-state index in [9.17, 15) is 14.4 Å². The minimum absolute atomic E-state index is 0.0599. The van der Waals surface area contributed by atoms with Crippen LogP contribution in [0.25, 0.3) is 0 Å². The van der Waals surface area contributed by atoms with Crippen molar-refractivity contribution in [2.75, 3.05) is 124 Å². The Morgan fingerprint density at radius 3 is 1.82 bits per heavy atom. The van der Waals surface area contributed by atoms with Gasteiger partial charge >= 0.3 is 6.03 Å². The fourth-order valence-corrected chi connectivity index (χ4v) is 7.04. The highest BCUT2D eigenvalue weighted by Gasteiger charge is 2.42. The molecule has 0 aromatic heterocycles. The van der Waals surface area contributed by atoms with Crippen molar-refractivity contribution >= 4 is 29.6 Å². The largest absolute Gasteiger partial charge is 0.378 e. The molecule has 298 valence electrons. The summed E-state index contributed by atoms with van der Waals surface area (Å²) in [7, 11) is 0. The number of nitrogens with two attached hydrogens (primary N) is 2. The Morgan fingerprint density at radius 2 is 1.24 bits per heavy atom. The number of nitrogens with one attached hydrogen (secondary N) is 4. The van der Waals surface area contributed by atoms with Crippen LogP contribution in [0.1, 0.15) is 51.9 Å². The van der Waals surface area contributed by atoms with Gasteiger partial charge in [0.15, 0.2) is 0 Å². The van der Waals surface area contributed by atoms with Crippen molar-refractivity contribution in [3.63, 3.8) is 0 Å². The molecule has 3 atom stereocenters. The number of rotatable bonds is 35. The minimum atomic E-state index is -0.482. The first-order valence-electron chi connectivity index (χ1n) is 18.5. The molecule has 4 amide bonds. The quantitative estimate of drug-likeness (QED) is 0.0377. The van der Waals surface area contributed by atoms with Gasteiger partial charge in [0.2, 0.25) is 11.8 Å². The number of thioether (sulfide) groups is 1. The SMILES string of the molecule is CC(COCCOCCOCCN)(COCCOCCOCCN)COCC(=O)NCCCCCNC(=O)CCCC[C@H]1SC[C@H]2NC(=O)N[C@H]21. The monoisotopic (exact) mass is 750 g/mol. The Morgan fingerprint density at radius 1 is 0.706 bits per heavy atom. The van der Waals surface area contributed by atoms with Gasteiger partial charge in [-0.25, -0.2) is 4.79 Å². The first kappa shape index (κ1) is 45.4. The summed E-state index contributed by atoms with van der Waals surface area (Å²) in [6.45, 7) is 9.70. The summed E-state index contributed by atoms with van der Waals surface area (Å²) in [5.74, 6) is 0.848. The van der Waals surface area contributed by atoms with E-state index in [1.54, 1.807) is 0 Å². The number of unbranched alkanes of at least 4 members (excludes halogenated alkanes) is 3. The van der Waals surface area contributed by atoms with E-state index >= 15 is 0 Å². The Labute approximate surface area is 308 Å². The zero-order valence-corrected chi connectivity index (χ0v) is 31.6. The highest BCUT2D eigenvalue weighted by Crippen LogP contribution is 2.33. The van der Waals surface area contributed by atoms with Crippen LogP contribution in [0.4, 0.5) is 4.79 Å². The van der Waals surface area contributed by atoms with Crippen LogP contribution in [0.5, 0.6) is 0 Å². The van der Waals surface area contributed by atoms with E-state index in [2.05, 4.69) is 21.3 Å². The summed E-state index contributed by atoms with van der Waals surface area (Å²) < 4.78 is 39.1. The number of hydrogen-bond acceptors (Lipinski definition) is 13. The number of ether oxygens (including phenoxy) is 7. The molecule has 2 aliphatic heterocycles. The zero-order valence-electron chi connectivity index (χ0n) is 30.8. The summed E-state index contributed by atoms with van der Waals surface area (Å²) in [6, 6.07) is 0.385. The van der Waals surface area contributed by atoms with E-state index < -0.39 is 5.41 Å². The molecular weight excluding hydrogens is 684 g/mol. The third kappa shape index (κ3) is 22.8. The van der Waals surface area contributed by atoms with Crippen LogP contribution >= 0.6 is 11.8 Å². The molecule has 0 aliphatic carbocycles. The van der Waals surface area contributed by atoms with Crippen LogP contribution < -0.4 is 32.7 Å². The second kappa shape index (κ2) is 29.6. The van der Waals surface area contributed by atoms with Gasteiger partial charge in [0.25, 0.3) is 0 Å². The average Bonchev–Trinajstić information content (AvgIpc) is 3.67. The molecule has 51 heavy (non-hydrogen) atoms. The normalized spacial score (nSPS) is 18.4. The van der Waals surface area contributed by atoms with Crippen LogP contribution in [0.3, 0.4) is 0 Å². The van der Waals surface area contributed by atoms with Crippen LogP contribution in [0.2, 0.25) is 0 Å². The maximum atomic E-state index is 12.4. The lowest BCUT2D eigenvalue weighted by Gasteiger charge is -2.29. The summed E-state index contributed by atoms with van der Waals surface area (Å²) in [5, 5.41) is 12.3. The number of urea groups is 1. The first-order valence-corrected chi connectivity index (χ1v) is 19.6. The fourth-order valence-electron chi connectivity index (χ4n) is 5.49. The van der Waals surface area contributed by atoms with Crippen molar-refractivity contribution < 1.29 is 47.5 Å². The van der Waals surface area contributed by atoms with Crippen molar-refractivity contribution in [3.05, 3.63) is 0 Å². The van der Waals surface area contributed by atoms with Gasteiger partial charge in [-0.15, -0.1) is 0 Å². The lowest BCUT2D eigenvalue weighted by atomic mass is 9.94. The predicted octanol–water partition coefficient (Wildman–Crippen LogP) is 0.155. The molecule has 2 saturated heterocycles. The number of fused-ring (bicyclic) bond motifs is 1. The molecule has 0 spiro atoms. The molecule has 0 aromatic carbocycles. The number of amides is 4. The second-order valence-corrected chi connectivity index (χ2v) is 14.3. The van der Waals surface area contributed by atoms with E-state index in [-0.39, 0.29) is 43.1 Å². The minimum Gasteiger partial charge on any atom is -0.378 e. The van der Waals surface area contributed by atoms with E-state index in [1.165, 1.54) is 0 Å². The molecule has 0 aromatic rings. The van der Waals surface area contributed by atoms with E-state index in [4.69, 9.17) is 44.6 Å². The van der Waals surface area contributed by atoms with Crippen molar-refractivity contribution in [1.29, 1.82) is 0 Å². The van der Waals surface area contributed by atoms with Crippen molar-refractivity contribution in [2.45, 2.75) is 69.2 Å². The Balaban J connectivity index is 1.50. The summed E-state index contributed by atoms with van der Waals surface area (Å²) in [6.07, 6.45) is 5.90. The number of hydrogen-bond donors (Lipinski definition) is 6. The van der Waals surface area contributed by atoms with Gasteiger partial charge in [0.05, 0.1) is 98.0 Å².